The molecular formula is C19H19N5O2S. The second kappa shape index (κ2) is 8.43. The van der Waals surface area contributed by atoms with Gasteiger partial charge in [-0.25, -0.2) is 4.98 Å². The Morgan fingerprint density at radius 3 is 2.63 bits per heavy atom. The number of hydrogen-bond acceptors (Lipinski definition) is 7. The third kappa shape index (κ3) is 4.30. The zero-order valence-electron chi connectivity index (χ0n) is 14.4. The zero-order chi connectivity index (χ0) is 19.2. The van der Waals surface area contributed by atoms with Crippen LogP contribution in [-0.4, -0.2) is 30.3 Å². The molecule has 0 saturated carbocycles. The molecule has 0 atom stereocenters. The van der Waals surface area contributed by atoms with E-state index in [1.165, 1.54) is 23.8 Å². The second-order valence-electron chi connectivity index (χ2n) is 5.58. The number of thiazole rings is 1. The summed E-state index contributed by atoms with van der Waals surface area (Å²) in [6.45, 7) is 0.863. The lowest BCUT2D eigenvalue weighted by molar-refractivity contribution is 0.102. The number of hydrogen-bond donors (Lipinski definition) is 4. The maximum atomic E-state index is 12.4. The smallest absolute Gasteiger partial charge is 0.257 e. The normalized spacial score (nSPS) is 11.4. The van der Waals surface area contributed by atoms with Crippen LogP contribution in [0, 0.1) is 5.41 Å². The molecule has 3 rings (SSSR count). The average molecular weight is 381 g/mol. The van der Waals surface area contributed by atoms with Gasteiger partial charge in [-0.05, 0) is 42.0 Å². The van der Waals surface area contributed by atoms with Gasteiger partial charge in [0.1, 0.15) is 12.4 Å². The molecule has 2 aromatic carbocycles. The van der Waals surface area contributed by atoms with Crippen molar-refractivity contribution < 1.29 is 9.53 Å². The fraction of sp³-hybridized carbons (Fsp3) is 0.105. The highest BCUT2D eigenvalue weighted by Crippen LogP contribution is 2.29. The number of nitrogens with one attached hydrogen (secondary N) is 2. The summed E-state index contributed by atoms with van der Waals surface area (Å²) in [5.74, 6) is 0.418. The first kappa shape index (κ1) is 18.6. The number of amides is 1. The van der Waals surface area contributed by atoms with Gasteiger partial charge in [-0.3, -0.25) is 10.1 Å². The summed E-state index contributed by atoms with van der Waals surface area (Å²) in [7, 11) is 0. The van der Waals surface area contributed by atoms with Crippen LogP contribution in [0.4, 0.5) is 5.13 Å². The Hall–Kier alpha value is -3.23. The van der Waals surface area contributed by atoms with Gasteiger partial charge in [0.05, 0.1) is 10.2 Å². The molecule has 0 aliphatic carbocycles. The van der Waals surface area contributed by atoms with Gasteiger partial charge in [-0.15, -0.1) is 0 Å². The van der Waals surface area contributed by atoms with Crippen molar-refractivity contribution in [3.05, 3.63) is 59.8 Å². The summed E-state index contributed by atoms with van der Waals surface area (Å²) in [6.07, 6.45) is 2.59. The largest absolute Gasteiger partial charge is 0.492 e. The molecule has 3 aromatic rings. The van der Waals surface area contributed by atoms with Crippen LogP contribution in [-0.2, 0) is 0 Å². The molecule has 8 heteroatoms. The van der Waals surface area contributed by atoms with Gasteiger partial charge >= 0.3 is 0 Å². The van der Waals surface area contributed by atoms with Crippen LogP contribution in [0.3, 0.4) is 0 Å². The van der Waals surface area contributed by atoms with Crippen molar-refractivity contribution in [1.82, 2.24) is 4.98 Å². The number of carbonyl (C=O) groups is 1. The van der Waals surface area contributed by atoms with Crippen LogP contribution < -0.4 is 21.5 Å². The molecule has 7 nitrogen and oxygen atoms in total. The molecule has 0 bridgehead atoms. The standard InChI is InChI=1S/C19H19N5O2S/c20-7-8-26-15-4-1-12(2-5-15)18(25)24-19-23-16-6-3-13(9-17(16)27-19)14(10-21)11-22/h1-6,9-11,21H,7-8,20,22H2,(H,23,24,25)/b14-11+,21-10?. The van der Waals surface area contributed by atoms with E-state index in [4.69, 9.17) is 21.6 Å². The first-order valence-electron chi connectivity index (χ1n) is 8.22. The summed E-state index contributed by atoms with van der Waals surface area (Å²) >= 11 is 1.36. The summed E-state index contributed by atoms with van der Waals surface area (Å²) in [6, 6.07) is 12.4. The number of nitrogens with zero attached hydrogens (tertiary/aromatic N) is 1. The van der Waals surface area contributed by atoms with Crippen molar-refractivity contribution in [1.29, 1.82) is 5.41 Å². The van der Waals surface area contributed by atoms with Gasteiger partial charge in [-0.1, -0.05) is 17.4 Å². The molecule has 0 spiro atoms. The van der Waals surface area contributed by atoms with E-state index in [-0.39, 0.29) is 5.91 Å². The highest BCUT2D eigenvalue weighted by Gasteiger charge is 2.11. The van der Waals surface area contributed by atoms with Crippen molar-refractivity contribution in [2.75, 3.05) is 18.5 Å². The number of aromatic nitrogens is 1. The van der Waals surface area contributed by atoms with Crippen LogP contribution in [0.15, 0.2) is 48.7 Å². The van der Waals surface area contributed by atoms with Crippen molar-refractivity contribution in [3.8, 4) is 5.75 Å². The third-order valence-electron chi connectivity index (χ3n) is 3.78. The lowest BCUT2D eigenvalue weighted by Gasteiger charge is -2.05. The van der Waals surface area contributed by atoms with E-state index >= 15 is 0 Å². The van der Waals surface area contributed by atoms with Gasteiger partial charge in [0, 0.05) is 30.1 Å². The highest BCUT2D eigenvalue weighted by atomic mass is 32.1. The van der Waals surface area contributed by atoms with E-state index in [1.807, 2.05) is 18.2 Å². The molecule has 0 saturated heterocycles. The topological polar surface area (TPSA) is 127 Å². The number of fused-ring (bicyclic) bond motifs is 1. The second-order valence-corrected chi connectivity index (χ2v) is 6.61. The Kier molecular flexibility index (Phi) is 5.80. The molecule has 1 amide bonds. The fourth-order valence-corrected chi connectivity index (χ4v) is 3.33. The van der Waals surface area contributed by atoms with E-state index in [0.717, 1.165) is 15.8 Å². The van der Waals surface area contributed by atoms with E-state index in [1.54, 1.807) is 24.3 Å². The molecular weight excluding hydrogens is 362 g/mol. The van der Waals surface area contributed by atoms with Gasteiger partial charge < -0.3 is 21.6 Å². The van der Waals surface area contributed by atoms with Gasteiger partial charge in [-0.2, -0.15) is 0 Å². The predicted molar refractivity (Wildman–Crippen MR) is 110 cm³/mol. The summed E-state index contributed by atoms with van der Waals surface area (Å²) < 4.78 is 6.30. The maximum Gasteiger partial charge on any atom is 0.257 e. The monoisotopic (exact) mass is 381 g/mol. The summed E-state index contributed by atoms with van der Waals surface area (Å²) in [4.78, 5) is 16.9. The Balaban J connectivity index is 1.75. The first-order valence-corrected chi connectivity index (χ1v) is 9.04. The lowest BCUT2D eigenvalue weighted by atomic mass is 10.1. The number of rotatable bonds is 7. The Labute approximate surface area is 160 Å². The minimum atomic E-state index is -0.248. The molecule has 0 radical (unpaired) electrons. The Bertz CT molecular complexity index is 995. The van der Waals surface area contributed by atoms with E-state index in [9.17, 15) is 4.79 Å². The number of nitrogens with two attached hydrogens (primary N) is 2. The van der Waals surface area contributed by atoms with Crippen molar-refractivity contribution in [2.45, 2.75) is 0 Å². The molecule has 1 aromatic heterocycles. The number of benzene rings is 2. The third-order valence-corrected chi connectivity index (χ3v) is 4.71. The average Bonchev–Trinajstić information content (AvgIpc) is 3.09. The van der Waals surface area contributed by atoms with Gasteiger partial charge in [0.25, 0.3) is 5.91 Å². The van der Waals surface area contributed by atoms with Crippen LogP contribution in [0.2, 0.25) is 0 Å². The van der Waals surface area contributed by atoms with Crippen LogP contribution in [0.25, 0.3) is 15.8 Å². The van der Waals surface area contributed by atoms with E-state index in [0.29, 0.717) is 35.2 Å². The van der Waals surface area contributed by atoms with E-state index in [2.05, 4.69) is 10.3 Å². The quantitative estimate of drug-likeness (QED) is 0.468. The molecule has 0 aliphatic heterocycles. The van der Waals surface area contributed by atoms with Crippen LogP contribution in [0.5, 0.6) is 5.75 Å². The minimum absolute atomic E-state index is 0.248. The predicted octanol–water partition coefficient (Wildman–Crippen LogP) is 2.84. The first-order chi connectivity index (χ1) is 13.1. The molecule has 0 unspecified atom stereocenters. The molecule has 0 aliphatic rings. The van der Waals surface area contributed by atoms with Gasteiger partial charge in [0.15, 0.2) is 5.13 Å². The molecule has 6 N–H and O–H groups in total. The van der Waals surface area contributed by atoms with Crippen molar-refractivity contribution in [2.24, 2.45) is 11.5 Å². The maximum absolute atomic E-state index is 12.4. The van der Waals surface area contributed by atoms with Crippen molar-refractivity contribution >= 4 is 44.4 Å². The molecule has 0 fully saturated rings. The minimum Gasteiger partial charge on any atom is -0.492 e. The van der Waals surface area contributed by atoms with Gasteiger partial charge in [0.2, 0.25) is 0 Å². The summed E-state index contributed by atoms with van der Waals surface area (Å²) in [5, 5.41) is 10.7. The Morgan fingerprint density at radius 1 is 1.22 bits per heavy atom. The number of anilines is 1. The zero-order valence-corrected chi connectivity index (χ0v) is 15.3. The lowest BCUT2D eigenvalue weighted by Crippen LogP contribution is -2.12. The molecule has 138 valence electrons. The Morgan fingerprint density at radius 2 is 1.96 bits per heavy atom. The van der Waals surface area contributed by atoms with E-state index < -0.39 is 0 Å². The van der Waals surface area contributed by atoms with Crippen LogP contribution in [0.1, 0.15) is 15.9 Å². The van der Waals surface area contributed by atoms with Crippen molar-refractivity contribution in [3.63, 3.8) is 0 Å². The number of carbonyl (C=O) groups excluding carboxylic acids is 1. The van der Waals surface area contributed by atoms with Crippen LogP contribution >= 0.6 is 11.3 Å². The fourth-order valence-electron chi connectivity index (χ4n) is 2.43. The molecule has 1 heterocycles. The molecule has 27 heavy (non-hydrogen) atoms. The number of ether oxygens (including phenoxy) is 1. The highest BCUT2D eigenvalue weighted by molar-refractivity contribution is 7.22. The summed E-state index contributed by atoms with van der Waals surface area (Å²) in [5.41, 5.74) is 13.7. The number of allylic oxidation sites excluding steroid dienone is 1. The SMILES string of the molecule is N=C/C(=C\N)c1ccc2nc(NC(=O)c3ccc(OCCN)cc3)sc2c1.